The molecule has 0 saturated carbocycles. The van der Waals surface area contributed by atoms with E-state index in [1.165, 1.54) is 0 Å². The summed E-state index contributed by atoms with van der Waals surface area (Å²) in [5, 5.41) is 13.0. The Balaban J connectivity index is 1.85. The first kappa shape index (κ1) is 13.8. The lowest BCUT2D eigenvalue weighted by Crippen LogP contribution is -2.37. The Morgan fingerprint density at radius 2 is 2.21 bits per heavy atom. The number of nitrogens with zero attached hydrogens (tertiary/aromatic N) is 4. The molecule has 7 heteroatoms. The van der Waals surface area contributed by atoms with E-state index in [4.69, 9.17) is 10.8 Å². The molecule has 0 bridgehead atoms. The zero-order chi connectivity index (χ0) is 13.7. The summed E-state index contributed by atoms with van der Waals surface area (Å²) in [5.41, 5.74) is 6.14. The predicted molar refractivity (Wildman–Crippen MR) is 71.4 cm³/mol. The van der Waals surface area contributed by atoms with E-state index in [2.05, 4.69) is 10.00 Å². The zero-order valence-electron chi connectivity index (χ0n) is 11.0. The van der Waals surface area contributed by atoms with E-state index in [1.54, 1.807) is 17.1 Å². The van der Waals surface area contributed by atoms with Crippen LogP contribution in [-0.4, -0.2) is 69.9 Å². The maximum atomic E-state index is 12.2. The van der Waals surface area contributed by atoms with E-state index in [1.807, 2.05) is 4.90 Å². The Labute approximate surface area is 112 Å². The van der Waals surface area contributed by atoms with Crippen LogP contribution >= 0.6 is 0 Å². The fraction of sp³-hybridized carbons (Fsp3) is 0.667. The van der Waals surface area contributed by atoms with Gasteiger partial charge >= 0.3 is 0 Å². The van der Waals surface area contributed by atoms with Crippen LogP contribution in [0.2, 0.25) is 0 Å². The first-order valence-corrected chi connectivity index (χ1v) is 6.58. The van der Waals surface area contributed by atoms with E-state index < -0.39 is 0 Å². The summed E-state index contributed by atoms with van der Waals surface area (Å²) in [5.74, 6) is 0.0638. The van der Waals surface area contributed by atoms with E-state index in [0.717, 1.165) is 26.1 Å². The standard InChI is InChI=1S/C12H21N5O2/c13-11-8-14-17(9-11)10-12(19)16-3-1-2-15(4-5-16)6-7-18/h8-9,18H,1-7,10,13H2. The summed E-state index contributed by atoms with van der Waals surface area (Å²) >= 11 is 0. The van der Waals surface area contributed by atoms with Crippen LogP contribution in [0.5, 0.6) is 0 Å². The molecule has 1 amide bonds. The summed E-state index contributed by atoms with van der Waals surface area (Å²) in [7, 11) is 0. The molecule has 0 spiro atoms. The second-order valence-corrected chi connectivity index (χ2v) is 4.77. The van der Waals surface area contributed by atoms with E-state index in [9.17, 15) is 4.79 Å². The summed E-state index contributed by atoms with van der Waals surface area (Å²) < 4.78 is 1.56. The predicted octanol–water partition coefficient (Wildman–Crippen LogP) is -1.01. The second-order valence-electron chi connectivity index (χ2n) is 4.77. The monoisotopic (exact) mass is 267 g/mol. The number of aromatic nitrogens is 2. The fourth-order valence-corrected chi connectivity index (χ4v) is 2.29. The lowest BCUT2D eigenvalue weighted by atomic mass is 10.3. The SMILES string of the molecule is Nc1cnn(CC(=O)N2CCCN(CCO)CC2)c1. The first-order valence-electron chi connectivity index (χ1n) is 6.58. The van der Waals surface area contributed by atoms with Gasteiger partial charge in [0.2, 0.25) is 5.91 Å². The molecule has 2 heterocycles. The number of hydrogen-bond acceptors (Lipinski definition) is 5. The molecule has 2 rings (SSSR count). The Morgan fingerprint density at radius 3 is 2.89 bits per heavy atom. The molecule has 7 nitrogen and oxygen atoms in total. The molecule has 1 aliphatic heterocycles. The quantitative estimate of drug-likeness (QED) is 0.730. The highest BCUT2D eigenvalue weighted by Crippen LogP contribution is 2.05. The molecular weight excluding hydrogens is 246 g/mol. The van der Waals surface area contributed by atoms with Crippen molar-refractivity contribution in [3.05, 3.63) is 12.4 Å². The number of β-amino-alcohol motifs (C(OH)–C–C–N with tert-alkyl or cyclic N) is 1. The average molecular weight is 267 g/mol. The van der Waals surface area contributed by atoms with E-state index in [-0.39, 0.29) is 19.1 Å². The number of hydrogen-bond donors (Lipinski definition) is 2. The third kappa shape index (κ3) is 3.93. The van der Waals surface area contributed by atoms with Gasteiger partial charge in [-0.25, -0.2) is 0 Å². The van der Waals surface area contributed by atoms with Gasteiger partial charge in [-0.15, -0.1) is 0 Å². The van der Waals surface area contributed by atoms with Gasteiger partial charge in [0.05, 0.1) is 18.5 Å². The molecule has 0 atom stereocenters. The highest BCUT2D eigenvalue weighted by atomic mass is 16.3. The molecule has 0 aliphatic carbocycles. The van der Waals surface area contributed by atoms with Gasteiger partial charge in [-0.1, -0.05) is 0 Å². The lowest BCUT2D eigenvalue weighted by molar-refractivity contribution is -0.131. The van der Waals surface area contributed by atoms with Gasteiger partial charge < -0.3 is 15.7 Å². The minimum atomic E-state index is 0.0638. The number of carbonyl (C=O) groups excluding carboxylic acids is 1. The summed E-state index contributed by atoms with van der Waals surface area (Å²) in [6.07, 6.45) is 4.14. The van der Waals surface area contributed by atoms with Crippen molar-refractivity contribution in [2.45, 2.75) is 13.0 Å². The van der Waals surface area contributed by atoms with E-state index >= 15 is 0 Å². The van der Waals surface area contributed by atoms with Crippen molar-refractivity contribution in [2.24, 2.45) is 0 Å². The number of carbonyl (C=O) groups is 1. The topological polar surface area (TPSA) is 87.6 Å². The molecule has 1 aromatic heterocycles. The summed E-state index contributed by atoms with van der Waals surface area (Å²) in [4.78, 5) is 16.2. The van der Waals surface area contributed by atoms with Gasteiger partial charge in [0, 0.05) is 32.4 Å². The minimum Gasteiger partial charge on any atom is -0.396 e. The molecule has 0 unspecified atom stereocenters. The number of aliphatic hydroxyl groups is 1. The van der Waals surface area contributed by atoms with Crippen LogP contribution in [0.3, 0.4) is 0 Å². The van der Waals surface area contributed by atoms with Gasteiger partial charge in [-0.05, 0) is 13.0 Å². The zero-order valence-corrected chi connectivity index (χ0v) is 11.0. The van der Waals surface area contributed by atoms with Crippen LogP contribution in [0.15, 0.2) is 12.4 Å². The summed E-state index contributed by atoms with van der Waals surface area (Å²) in [6, 6.07) is 0. The van der Waals surface area contributed by atoms with Crippen molar-refractivity contribution in [1.29, 1.82) is 0 Å². The van der Waals surface area contributed by atoms with Crippen molar-refractivity contribution < 1.29 is 9.90 Å². The van der Waals surface area contributed by atoms with Crippen LogP contribution in [0.4, 0.5) is 5.69 Å². The maximum Gasteiger partial charge on any atom is 0.244 e. The molecule has 0 radical (unpaired) electrons. The highest BCUT2D eigenvalue weighted by Gasteiger charge is 2.19. The molecule has 1 saturated heterocycles. The Kier molecular flexibility index (Phi) is 4.75. The molecule has 3 N–H and O–H groups in total. The number of nitrogen functional groups attached to an aromatic ring is 1. The molecule has 106 valence electrons. The lowest BCUT2D eigenvalue weighted by Gasteiger charge is -2.21. The maximum absolute atomic E-state index is 12.2. The van der Waals surface area contributed by atoms with Crippen molar-refractivity contribution >= 4 is 11.6 Å². The van der Waals surface area contributed by atoms with Crippen molar-refractivity contribution in [2.75, 3.05) is 45.1 Å². The fourth-order valence-electron chi connectivity index (χ4n) is 2.29. The average Bonchev–Trinajstić information content (AvgIpc) is 2.65. The molecule has 19 heavy (non-hydrogen) atoms. The van der Waals surface area contributed by atoms with Gasteiger partial charge in [0.25, 0.3) is 0 Å². The van der Waals surface area contributed by atoms with Crippen LogP contribution < -0.4 is 5.73 Å². The molecule has 1 aliphatic rings. The van der Waals surface area contributed by atoms with Crippen molar-refractivity contribution in [3.63, 3.8) is 0 Å². The molecular formula is C12H21N5O2. The number of amides is 1. The second kappa shape index (κ2) is 6.53. The van der Waals surface area contributed by atoms with Crippen LogP contribution in [0.25, 0.3) is 0 Å². The largest absolute Gasteiger partial charge is 0.396 e. The van der Waals surface area contributed by atoms with Crippen LogP contribution in [-0.2, 0) is 11.3 Å². The normalized spacial score (nSPS) is 17.4. The van der Waals surface area contributed by atoms with Gasteiger partial charge in [0.1, 0.15) is 6.54 Å². The smallest absolute Gasteiger partial charge is 0.244 e. The number of anilines is 1. The molecule has 1 fully saturated rings. The third-order valence-corrected chi connectivity index (χ3v) is 3.31. The van der Waals surface area contributed by atoms with Gasteiger partial charge in [0.15, 0.2) is 0 Å². The minimum absolute atomic E-state index is 0.0638. The Morgan fingerprint density at radius 1 is 1.37 bits per heavy atom. The van der Waals surface area contributed by atoms with Gasteiger partial charge in [-0.2, -0.15) is 5.10 Å². The Hall–Kier alpha value is -1.60. The van der Waals surface area contributed by atoms with Crippen molar-refractivity contribution in [1.82, 2.24) is 19.6 Å². The van der Waals surface area contributed by atoms with E-state index in [0.29, 0.717) is 18.8 Å². The molecule has 1 aromatic rings. The third-order valence-electron chi connectivity index (χ3n) is 3.31. The van der Waals surface area contributed by atoms with Crippen LogP contribution in [0.1, 0.15) is 6.42 Å². The van der Waals surface area contributed by atoms with Crippen molar-refractivity contribution in [3.8, 4) is 0 Å². The Bertz CT molecular complexity index is 420. The first-order chi connectivity index (χ1) is 9.19. The summed E-state index contributed by atoms with van der Waals surface area (Å²) in [6.45, 7) is 4.29. The number of nitrogens with two attached hydrogens (primary N) is 1. The molecule has 0 aromatic carbocycles. The number of rotatable bonds is 4. The highest BCUT2D eigenvalue weighted by molar-refractivity contribution is 5.76. The van der Waals surface area contributed by atoms with Crippen LogP contribution in [0, 0.1) is 0 Å². The number of aliphatic hydroxyl groups excluding tert-OH is 1. The van der Waals surface area contributed by atoms with Gasteiger partial charge in [-0.3, -0.25) is 14.4 Å².